The molecule has 29 heavy (non-hydrogen) atoms. The van der Waals surface area contributed by atoms with Gasteiger partial charge in [0, 0.05) is 38.3 Å². The Morgan fingerprint density at radius 3 is 2.48 bits per heavy atom. The lowest BCUT2D eigenvalue weighted by Gasteiger charge is -2.35. The Morgan fingerprint density at radius 2 is 1.72 bits per heavy atom. The number of methoxy groups -OCH3 is 1. The Balaban J connectivity index is 1.28. The zero-order valence-electron chi connectivity index (χ0n) is 17.0. The Kier molecular flexibility index (Phi) is 6.36. The highest BCUT2D eigenvalue weighted by molar-refractivity contribution is 5.76. The molecular formula is C20H29N7O2. The van der Waals surface area contributed by atoms with E-state index in [-0.39, 0.29) is 12.5 Å². The van der Waals surface area contributed by atoms with Crippen molar-refractivity contribution in [2.24, 2.45) is 0 Å². The summed E-state index contributed by atoms with van der Waals surface area (Å²) in [5, 5.41) is 11.9. The lowest BCUT2D eigenvalue weighted by molar-refractivity contribution is -0.134. The highest BCUT2D eigenvalue weighted by Crippen LogP contribution is 2.20. The average molecular weight is 399 g/mol. The fourth-order valence-corrected chi connectivity index (χ4v) is 4.06. The first-order chi connectivity index (χ1) is 14.2. The van der Waals surface area contributed by atoms with Crippen molar-refractivity contribution >= 4 is 5.91 Å². The van der Waals surface area contributed by atoms with E-state index in [1.54, 1.807) is 11.8 Å². The van der Waals surface area contributed by atoms with E-state index >= 15 is 0 Å². The van der Waals surface area contributed by atoms with Gasteiger partial charge >= 0.3 is 0 Å². The molecule has 1 amide bonds. The first-order valence-corrected chi connectivity index (χ1v) is 10.3. The number of hydrogen-bond donors (Lipinski definition) is 0. The molecule has 0 atom stereocenters. The first-order valence-electron chi connectivity index (χ1n) is 10.3. The van der Waals surface area contributed by atoms with Gasteiger partial charge in [-0.3, -0.25) is 14.6 Å². The van der Waals surface area contributed by atoms with E-state index in [0.717, 1.165) is 57.4 Å². The molecule has 0 spiro atoms. The van der Waals surface area contributed by atoms with Gasteiger partial charge in [0.15, 0.2) is 5.82 Å². The topological polar surface area (TPSA) is 79.6 Å². The number of tetrazole rings is 1. The Hall–Kier alpha value is -2.52. The van der Waals surface area contributed by atoms with Crippen molar-refractivity contribution in [1.82, 2.24) is 34.9 Å². The van der Waals surface area contributed by atoms with Crippen molar-refractivity contribution in [2.45, 2.75) is 32.5 Å². The van der Waals surface area contributed by atoms with E-state index in [1.165, 1.54) is 18.4 Å². The van der Waals surface area contributed by atoms with Gasteiger partial charge in [-0.1, -0.05) is 18.2 Å². The van der Waals surface area contributed by atoms with Crippen LogP contribution in [0.5, 0.6) is 5.75 Å². The number of piperazine rings is 1. The maximum atomic E-state index is 12.8. The Bertz CT molecular complexity index is 811. The molecule has 0 saturated carbocycles. The van der Waals surface area contributed by atoms with E-state index in [2.05, 4.69) is 31.4 Å². The van der Waals surface area contributed by atoms with Gasteiger partial charge in [-0.25, -0.2) is 4.68 Å². The Morgan fingerprint density at radius 1 is 1.00 bits per heavy atom. The summed E-state index contributed by atoms with van der Waals surface area (Å²) >= 11 is 0. The summed E-state index contributed by atoms with van der Waals surface area (Å²) in [5.74, 6) is 1.77. The van der Waals surface area contributed by atoms with Crippen LogP contribution in [0.2, 0.25) is 0 Å². The van der Waals surface area contributed by atoms with Crippen LogP contribution in [0.15, 0.2) is 24.3 Å². The second kappa shape index (κ2) is 9.32. The van der Waals surface area contributed by atoms with Crippen LogP contribution in [-0.2, 0) is 24.4 Å². The van der Waals surface area contributed by atoms with Crippen LogP contribution >= 0.6 is 0 Å². The Labute approximate surface area is 171 Å². The van der Waals surface area contributed by atoms with Crippen molar-refractivity contribution < 1.29 is 9.53 Å². The largest absolute Gasteiger partial charge is 0.496 e. The minimum atomic E-state index is 0.0805. The second-order valence-corrected chi connectivity index (χ2v) is 7.70. The van der Waals surface area contributed by atoms with E-state index in [9.17, 15) is 4.79 Å². The molecule has 2 aliphatic heterocycles. The summed E-state index contributed by atoms with van der Waals surface area (Å²) in [6, 6.07) is 8.09. The van der Waals surface area contributed by atoms with Crippen LogP contribution in [0.4, 0.5) is 0 Å². The van der Waals surface area contributed by atoms with Crippen LogP contribution in [0.3, 0.4) is 0 Å². The molecule has 4 rings (SSSR count). The fraction of sp³-hybridized carbons (Fsp3) is 0.600. The summed E-state index contributed by atoms with van der Waals surface area (Å²) < 4.78 is 7.10. The summed E-state index contributed by atoms with van der Waals surface area (Å²) in [4.78, 5) is 19.4. The number of aromatic nitrogens is 4. The van der Waals surface area contributed by atoms with Gasteiger partial charge in [0.05, 0.1) is 13.7 Å². The third-order valence-corrected chi connectivity index (χ3v) is 5.77. The molecule has 2 fully saturated rings. The lowest BCUT2D eigenvalue weighted by atomic mass is 10.1. The van der Waals surface area contributed by atoms with Crippen LogP contribution in [0.25, 0.3) is 0 Å². The monoisotopic (exact) mass is 399 g/mol. The molecular weight excluding hydrogens is 370 g/mol. The van der Waals surface area contributed by atoms with Crippen molar-refractivity contribution in [3.8, 4) is 5.75 Å². The van der Waals surface area contributed by atoms with Gasteiger partial charge in [-0.15, -0.1) is 5.10 Å². The van der Waals surface area contributed by atoms with E-state index in [1.807, 2.05) is 23.1 Å². The molecule has 2 aliphatic rings. The highest BCUT2D eigenvalue weighted by atomic mass is 16.5. The molecule has 3 heterocycles. The maximum absolute atomic E-state index is 12.8. The maximum Gasteiger partial charge on any atom is 0.244 e. The van der Waals surface area contributed by atoms with Crippen LogP contribution in [0.1, 0.15) is 24.2 Å². The molecule has 0 unspecified atom stereocenters. The molecule has 2 saturated heterocycles. The molecule has 9 heteroatoms. The number of nitrogens with zero attached hydrogens (tertiary/aromatic N) is 7. The molecule has 9 nitrogen and oxygen atoms in total. The number of benzene rings is 1. The minimum Gasteiger partial charge on any atom is -0.496 e. The fourth-order valence-electron chi connectivity index (χ4n) is 4.06. The average Bonchev–Trinajstić information content (AvgIpc) is 3.42. The summed E-state index contributed by atoms with van der Waals surface area (Å²) in [6.45, 7) is 7.05. The number of hydrogen-bond acceptors (Lipinski definition) is 7. The molecule has 156 valence electrons. The molecule has 0 bridgehead atoms. The number of likely N-dealkylation sites (tertiary alicyclic amines) is 1. The van der Waals surface area contributed by atoms with Crippen molar-refractivity contribution in [1.29, 1.82) is 0 Å². The summed E-state index contributed by atoms with van der Waals surface area (Å²) in [5.41, 5.74) is 1.18. The van der Waals surface area contributed by atoms with Crippen LogP contribution in [0, 0.1) is 0 Å². The molecule has 0 N–H and O–H groups in total. The van der Waals surface area contributed by atoms with Gasteiger partial charge < -0.3 is 9.64 Å². The quantitative estimate of drug-likeness (QED) is 0.675. The predicted octanol–water partition coefficient (Wildman–Crippen LogP) is 0.622. The van der Waals surface area contributed by atoms with Gasteiger partial charge in [-0.2, -0.15) is 0 Å². The molecule has 0 aliphatic carbocycles. The van der Waals surface area contributed by atoms with Gasteiger partial charge in [-0.05, 0) is 42.4 Å². The van der Waals surface area contributed by atoms with E-state index in [4.69, 9.17) is 4.74 Å². The molecule has 2 aromatic rings. The van der Waals surface area contributed by atoms with Crippen molar-refractivity contribution in [2.75, 3.05) is 46.4 Å². The number of amides is 1. The highest BCUT2D eigenvalue weighted by Gasteiger charge is 2.24. The molecule has 1 aromatic heterocycles. The minimum absolute atomic E-state index is 0.0805. The van der Waals surface area contributed by atoms with Crippen molar-refractivity contribution in [3.63, 3.8) is 0 Å². The third-order valence-electron chi connectivity index (χ3n) is 5.77. The van der Waals surface area contributed by atoms with Crippen LogP contribution < -0.4 is 4.74 Å². The van der Waals surface area contributed by atoms with E-state index in [0.29, 0.717) is 6.54 Å². The number of para-hydroxylation sites is 1. The standard InChI is InChI=1S/C20H29N7O2/c1-29-18-7-3-2-6-17(18)14-25-10-12-26(13-11-25)20(28)16-27-19(21-22-23-27)15-24-8-4-5-9-24/h2-3,6-7H,4-5,8-16H2,1H3. The van der Waals surface area contributed by atoms with E-state index < -0.39 is 0 Å². The zero-order chi connectivity index (χ0) is 20.1. The van der Waals surface area contributed by atoms with Gasteiger partial charge in [0.2, 0.25) is 5.91 Å². The number of carbonyl (C=O) groups is 1. The normalized spacial score (nSPS) is 18.3. The first kappa shape index (κ1) is 19.8. The predicted molar refractivity (Wildman–Crippen MR) is 107 cm³/mol. The SMILES string of the molecule is COc1ccccc1CN1CCN(C(=O)Cn2nnnc2CN2CCCC2)CC1. The lowest BCUT2D eigenvalue weighted by Crippen LogP contribution is -2.49. The third kappa shape index (κ3) is 4.91. The number of carbonyl (C=O) groups excluding carboxylic acids is 1. The van der Waals surface area contributed by atoms with Crippen LogP contribution in [-0.4, -0.2) is 87.2 Å². The van der Waals surface area contributed by atoms with Gasteiger partial charge in [0.25, 0.3) is 0 Å². The smallest absolute Gasteiger partial charge is 0.244 e. The number of rotatable bonds is 7. The molecule has 0 radical (unpaired) electrons. The summed E-state index contributed by atoms with van der Waals surface area (Å²) in [6.07, 6.45) is 2.44. The summed E-state index contributed by atoms with van der Waals surface area (Å²) in [7, 11) is 1.70. The van der Waals surface area contributed by atoms with Gasteiger partial charge in [0.1, 0.15) is 12.3 Å². The zero-order valence-corrected chi connectivity index (χ0v) is 17.0. The second-order valence-electron chi connectivity index (χ2n) is 7.70. The molecule has 1 aromatic carbocycles. The van der Waals surface area contributed by atoms with Crippen molar-refractivity contribution in [3.05, 3.63) is 35.7 Å². The number of ether oxygens (including phenoxy) is 1.